The first kappa shape index (κ1) is 14.5. The van der Waals surface area contributed by atoms with Crippen molar-refractivity contribution < 1.29 is 9.53 Å². The lowest BCUT2D eigenvalue weighted by atomic mass is 10.4. The Labute approximate surface area is 122 Å². The quantitative estimate of drug-likeness (QED) is 0.819. The number of amides is 1. The van der Waals surface area contributed by atoms with Crippen molar-refractivity contribution in [3.63, 3.8) is 0 Å². The molecular formula is C14H15N5O2. The van der Waals surface area contributed by atoms with Gasteiger partial charge in [-0.1, -0.05) is 17.1 Å². The van der Waals surface area contributed by atoms with Crippen LogP contribution in [-0.2, 0) is 7.05 Å². The zero-order valence-corrected chi connectivity index (χ0v) is 11.8. The van der Waals surface area contributed by atoms with Crippen molar-refractivity contribution in [2.45, 2.75) is 6.92 Å². The van der Waals surface area contributed by atoms with E-state index in [4.69, 9.17) is 4.74 Å². The van der Waals surface area contributed by atoms with E-state index < -0.39 is 0 Å². The lowest BCUT2D eigenvalue weighted by Crippen LogP contribution is -2.24. The van der Waals surface area contributed by atoms with Gasteiger partial charge in [0, 0.05) is 12.7 Å². The summed E-state index contributed by atoms with van der Waals surface area (Å²) in [6.45, 7) is 2.38. The maximum atomic E-state index is 11.6. The van der Waals surface area contributed by atoms with Gasteiger partial charge in [0.15, 0.2) is 5.69 Å². The molecule has 2 rings (SSSR count). The standard InChI is InChI=1S/C14H15N5O2/c1-11-5-6-12(9-16-11)21-8-4-3-7-15-14(20)13-10-19(2)18-17-13/h5-6,9-10H,7-8H2,1-2H3,(H,15,20). The van der Waals surface area contributed by atoms with E-state index in [1.54, 1.807) is 13.2 Å². The lowest BCUT2D eigenvalue weighted by Gasteiger charge is -2.00. The third-order valence-corrected chi connectivity index (χ3v) is 2.49. The van der Waals surface area contributed by atoms with E-state index in [-0.39, 0.29) is 24.8 Å². The summed E-state index contributed by atoms with van der Waals surface area (Å²) >= 11 is 0. The number of hydrogen-bond donors (Lipinski definition) is 1. The molecule has 0 aliphatic heterocycles. The van der Waals surface area contributed by atoms with Crippen molar-refractivity contribution in [2.24, 2.45) is 7.05 Å². The zero-order valence-electron chi connectivity index (χ0n) is 11.8. The predicted molar refractivity (Wildman–Crippen MR) is 75.6 cm³/mol. The molecule has 2 aromatic rings. The summed E-state index contributed by atoms with van der Waals surface area (Å²) in [6.07, 6.45) is 3.18. The van der Waals surface area contributed by atoms with Gasteiger partial charge < -0.3 is 10.1 Å². The molecule has 7 heteroatoms. The van der Waals surface area contributed by atoms with Crippen LogP contribution < -0.4 is 10.1 Å². The molecule has 108 valence electrons. The summed E-state index contributed by atoms with van der Waals surface area (Å²) in [5, 5.41) is 10.00. The van der Waals surface area contributed by atoms with E-state index in [1.807, 2.05) is 19.1 Å². The predicted octanol–water partition coefficient (Wildman–Crippen LogP) is 0.331. The average molecular weight is 285 g/mol. The van der Waals surface area contributed by atoms with Crippen molar-refractivity contribution in [2.75, 3.05) is 13.2 Å². The van der Waals surface area contributed by atoms with Gasteiger partial charge in [-0.25, -0.2) is 0 Å². The molecule has 0 aromatic carbocycles. The Hall–Kier alpha value is -2.88. The molecule has 0 saturated heterocycles. The van der Waals surface area contributed by atoms with Gasteiger partial charge in [-0.05, 0) is 19.1 Å². The molecule has 0 fully saturated rings. The number of carbonyl (C=O) groups is 1. The van der Waals surface area contributed by atoms with Crippen LogP contribution in [0.1, 0.15) is 16.2 Å². The van der Waals surface area contributed by atoms with Crippen molar-refractivity contribution in [3.05, 3.63) is 35.9 Å². The van der Waals surface area contributed by atoms with Crippen LogP contribution in [0.2, 0.25) is 0 Å². The molecule has 0 spiro atoms. The molecule has 0 aliphatic carbocycles. The van der Waals surface area contributed by atoms with E-state index >= 15 is 0 Å². The second-order valence-electron chi connectivity index (χ2n) is 4.24. The molecule has 0 bridgehead atoms. The largest absolute Gasteiger partial charge is 0.479 e. The summed E-state index contributed by atoms with van der Waals surface area (Å²) in [5.41, 5.74) is 1.20. The lowest BCUT2D eigenvalue weighted by molar-refractivity contribution is 0.0953. The summed E-state index contributed by atoms with van der Waals surface area (Å²) in [4.78, 5) is 15.7. The molecule has 1 N–H and O–H groups in total. The molecule has 2 aromatic heterocycles. The first-order chi connectivity index (χ1) is 10.1. The summed E-state index contributed by atoms with van der Waals surface area (Å²) in [5.74, 6) is 5.96. The van der Waals surface area contributed by atoms with Crippen molar-refractivity contribution in [1.82, 2.24) is 25.3 Å². The number of nitrogens with zero attached hydrogens (tertiary/aromatic N) is 4. The van der Waals surface area contributed by atoms with Crippen molar-refractivity contribution in [1.29, 1.82) is 0 Å². The van der Waals surface area contributed by atoms with E-state index in [0.29, 0.717) is 5.75 Å². The third kappa shape index (κ3) is 4.62. The molecule has 7 nitrogen and oxygen atoms in total. The highest BCUT2D eigenvalue weighted by atomic mass is 16.5. The number of carbonyl (C=O) groups excluding carboxylic acids is 1. The first-order valence-corrected chi connectivity index (χ1v) is 6.31. The Balaban J connectivity index is 1.69. The molecule has 0 atom stereocenters. The molecule has 1 amide bonds. The molecule has 0 unspecified atom stereocenters. The topological polar surface area (TPSA) is 81.9 Å². The molecule has 0 saturated carbocycles. The Morgan fingerprint density at radius 1 is 1.43 bits per heavy atom. The van der Waals surface area contributed by atoms with Gasteiger partial charge in [0.25, 0.3) is 5.91 Å². The number of aryl methyl sites for hydroxylation is 2. The van der Waals surface area contributed by atoms with Gasteiger partial charge in [-0.3, -0.25) is 14.5 Å². The van der Waals surface area contributed by atoms with Gasteiger partial charge in [0.05, 0.1) is 18.9 Å². The molecular weight excluding hydrogens is 270 g/mol. The fourth-order valence-corrected chi connectivity index (χ4v) is 1.44. The molecule has 2 heterocycles. The number of pyridine rings is 1. The normalized spacial score (nSPS) is 9.62. The summed E-state index contributed by atoms with van der Waals surface area (Å²) in [7, 11) is 1.70. The smallest absolute Gasteiger partial charge is 0.274 e. The minimum atomic E-state index is -0.305. The highest BCUT2D eigenvalue weighted by Crippen LogP contribution is 2.07. The maximum absolute atomic E-state index is 11.6. The average Bonchev–Trinajstić information content (AvgIpc) is 2.91. The number of aromatic nitrogens is 4. The van der Waals surface area contributed by atoms with Crippen LogP contribution in [0.4, 0.5) is 0 Å². The summed E-state index contributed by atoms with van der Waals surface area (Å²) < 4.78 is 6.84. The Kier molecular flexibility index (Phi) is 4.88. The third-order valence-electron chi connectivity index (χ3n) is 2.49. The van der Waals surface area contributed by atoms with Crippen LogP contribution in [0.15, 0.2) is 24.5 Å². The van der Waals surface area contributed by atoms with Gasteiger partial charge >= 0.3 is 0 Å². The number of ether oxygens (including phenoxy) is 1. The van der Waals surface area contributed by atoms with Crippen LogP contribution in [0, 0.1) is 18.8 Å². The van der Waals surface area contributed by atoms with Gasteiger partial charge in [0.1, 0.15) is 12.4 Å². The van der Waals surface area contributed by atoms with E-state index in [1.165, 1.54) is 10.9 Å². The van der Waals surface area contributed by atoms with Crippen LogP contribution in [0.3, 0.4) is 0 Å². The van der Waals surface area contributed by atoms with Gasteiger partial charge in [-0.2, -0.15) is 0 Å². The number of nitrogens with one attached hydrogen (secondary N) is 1. The molecule has 21 heavy (non-hydrogen) atoms. The Bertz CT molecular complexity index is 667. The molecule has 0 aliphatic rings. The summed E-state index contributed by atoms with van der Waals surface area (Å²) in [6, 6.07) is 3.70. The fraction of sp³-hybridized carbons (Fsp3) is 0.286. The minimum Gasteiger partial charge on any atom is -0.479 e. The van der Waals surface area contributed by atoms with Crippen LogP contribution in [0.25, 0.3) is 0 Å². The highest BCUT2D eigenvalue weighted by molar-refractivity contribution is 5.91. The second kappa shape index (κ2) is 7.05. The monoisotopic (exact) mass is 285 g/mol. The Morgan fingerprint density at radius 3 is 2.95 bits per heavy atom. The van der Waals surface area contributed by atoms with Crippen molar-refractivity contribution in [3.8, 4) is 17.6 Å². The van der Waals surface area contributed by atoms with E-state index in [0.717, 1.165) is 5.69 Å². The van der Waals surface area contributed by atoms with Crippen LogP contribution >= 0.6 is 0 Å². The van der Waals surface area contributed by atoms with Crippen molar-refractivity contribution >= 4 is 5.91 Å². The Morgan fingerprint density at radius 2 is 2.29 bits per heavy atom. The highest BCUT2D eigenvalue weighted by Gasteiger charge is 2.07. The number of hydrogen-bond acceptors (Lipinski definition) is 5. The minimum absolute atomic E-state index is 0.227. The first-order valence-electron chi connectivity index (χ1n) is 6.31. The fourth-order valence-electron chi connectivity index (χ4n) is 1.44. The zero-order chi connectivity index (χ0) is 15.1. The van der Waals surface area contributed by atoms with Gasteiger partial charge in [0.2, 0.25) is 0 Å². The maximum Gasteiger partial charge on any atom is 0.274 e. The van der Waals surface area contributed by atoms with E-state index in [9.17, 15) is 4.79 Å². The molecule has 0 radical (unpaired) electrons. The second-order valence-corrected chi connectivity index (χ2v) is 4.24. The van der Waals surface area contributed by atoms with Crippen LogP contribution in [-0.4, -0.2) is 39.0 Å². The van der Waals surface area contributed by atoms with Crippen LogP contribution in [0.5, 0.6) is 5.75 Å². The van der Waals surface area contributed by atoms with Gasteiger partial charge in [-0.15, -0.1) is 5.10 Å². The number of rotatable bonds is 4. The SMILES string of the molecule is Cc1ccc(OCC#CCNC(=O)c2cn(C)nn2)cn1. The van der Waals surface area contributed by atoms with E-state index in [2.05, 4.69) is 32.5 Å².